The fourth-order valence-electron chi connectivity index (χ4n) is 1.40. The first-order valence-electron chi connectivity index (χ1n) is 5.62. The summed E-state index contributed by atoms with van der Waals surface area (Å²) in [5.41, 5.74) is 1.08. The molecule has 0 radical (unpaired) electrons. The van der Waals surface area contributed by atoms with Crippen LogP contribution in [-0.2, 0) is 20.9 Å². The van der Waals surface area contributed by atoms with Crippen molar-refractivity contribution in [2.45, 2.75) is 32.7 Å². The van der Waals surface area contributed by atoms with Crippen molar-refractivity contribution in [3.8, 4) is 0 Å². The number of ether oxygens (including phenoxy) is 2. The lowest BCUT2D eigenvalue weighted by Gasteiger charge is -2.13. The number of esters is 1. The van der Waals surface area contributed by atoms with Gasteiger partial charge in [-0.2, -0.15) is 0 Å². The Hall–Kier alpha value is -1.35. The molecule has 3 nitrogen and oxygen atoms in total. The molecule has 1 aliphatic rings. The van der Waals surface area contributed by atoms with E-state index in [0.29, 0.717) is 6.61 Å². The van der Waals surface area contributed by atoms with Crippen molar-refractivity contribution in [3.05, 3.63) is 35.9 Å². The Kier molecular flexibility index (Phi) is 3.57. The third-order valence-corrected chi connectivity index (χ3v) is 2.52. The third kappa shape index (κ3) is 3.35. The van der Waals surface area contributed by atoms with Gasteiger partial charge in [-0.15, -0.1) is 0 Å². The van der Waals surface area contributed by atoms with E-state index >= 15 is 0 Å². The highest BCUT2D eigenvalue weighted by atomic mass is 16.7. The molecule has 0 unspecified atom stereocenters. The van der Waals surface area contributed by atoms with Gasteiger partial charge in [0.25, 0.3) is 0 Å². The molecule has 0 aliphatic heterocycles. The zero-order chi connectivity index (χ0) is 11.4. The molecule has 2 rings (SSSR count). The minimum Gasteiger partial charge on any atom is -0.436 e. The second kappa shape index (κ2) is 5.12. The van der Waals surface area contributed by atoms with Gasteiger partial charge in [0.1, 0.15) is 0 Å². The van der Waals surface area contributed by atoms with Crippen LogP contribution in [0.25, 0.3) is 0 Å². The van der Waals surface area contributed by atoms with Gasteiger partial charge in [-0.25, -0.2) is 0 Å². The fraction of sp³-hybridized carbons (Fsp3) is 0.462. The van der Waals surface area contributed by atoms with E-state index in [9.17, 15) is 4.79 Å². The Morgan fingerprint density at radius 3 is 2.69 bits per heavy atom. The molecule has 0 aromatic heterocycles. The van der Waals surface area contributed by atoms with E-state index in [4.69, 9.17) is 9.47 Å². The van der Waals surface area contributed by atoms with Crippen LogP contribution >= 0.6 is 0 Å². The van der Waals surface area contributed by atoms with E-state index in [1.54, 1.807) is 6.92 Å². The average molecular weight is 220 g/mol. The van der Waals surface area contributed by atoms with Gasteiger partial charge in [0, 0.05) is 0 Å². The predicted molar refractivity (Wildman–Crippen MR) is 59.5 cm³/mol. The van der Waals surface area contributed by atoms with Crippen molar-refractivity contribution in [1.82, 2.24) is 0 Å². The summed E-state index contributed by atoms with van der Waals surface area (Å²) in [6, 6.07) is 9.84. The van der Waals surface area contributed by atoms with Gasteiger partial charge in [-0.1, -0.05) is 30.3 Å². The molecular formula is C13H16O3. The Balaban J connectivity index is 1.71. The van der Waals surface area contributed by atoms with Crippen LogP contribution in [0.5, 0.6) is 0 Å². The Labute approximate surface area is 95.4 Å². The number of hydrogen-bond acceptors (Lipinski definition) is 3. The zero-order valence-electron chi connectivity index (χ0n) is 9.39. The van der Waals surface area contributed by atoms with Crippen LogP contribution in [0, 0.1) is 5.92 Å². The minimum atomic E-state index is -0.465. The zero-order valence-corrected chi connectivity index (χ0v) is 9.39. The highest BCUT2D eigenvalue weighted by molar-refractivity contribution is 5.74. The van der Waals surface area contributed by atoms with Crippen molar-refractivity contribution >= 4 is 5.97 Å². The molecule has 86 valence electrons. The highest BCUT2D eigenvalue weighted by Crippen LogP contribution is 2.30. The van der Waals surface area contributed by atoms with E-state index < -0.39 is 6.29 Å². The first-order valence-corrected chi connectivity index (χ1v) is 5.62. The summed E-state index contributed by atoms with van der Waals surface area (Å²) in [5, 5.41) is 0. The van der Waals surface area contributed by atoms with E-state index in [1.165, 1.54) is 0 Å². The Morgan fingerprint density at radius 2 is 2.06 bits per heavy atom. The number of hydrogen-bond donors (Lipinski definition) is 0. The second-order valence-corrected chi connectivity index (χ2v) is 4.08. The summed E-state index contributed by atoms with van der Waals surface area (Å²) in [4.78, 5) is 11.3. The lowest BCUT2D eigenvalue weighted by atomic mass is 10.2. The standard InChI is InChI=1S/C13H16O3/c1-10(16-13(14)12-7-8-12)15-9-11-5-3-2-4-6-11/h2-6,10,12H,7-9H2,1H3/t10-/m0/s1. The molecule has 0 N–H and O–H groups in total. The molecule has 0 saturated heterocycles. The monoisotopic (exact) mass is 220 g/mol. The number of carbonyl (C=O) groups excluding carboxylic acids is 1. The van der Waals surface area contributed by atoms with Crippen LogP contribution < -0.4 is 0 Å². The molecule has 16 heavy (non-hydrogen) atoms. The normalized spacial score (nSPS) is 16.8. The molecule has 3 heteroatoms. The number of benzene rings is 1. The second-order valence-electron chi connectivity index (χ2n) is 4.08. The lowest BCUT2D eigenvalue weighted by molar-refractivity contribution is -0.178. The smallest absolute Gasteiger partial charge is 0.311 e. The number of rotatable bonds is 5. The van der Waals surface area contributed by atoms with E-state index in [-0.39, 0.29) is 11.9 Å². The molecule has 1 atom stereocenters. The molecule has 1 aliphatic carbocycles. The summed E-state index contributed by atoms with van der Waals surface area (Å²) in [7, 11) is 0. The van der Waals surface area contributed by atoms with Gasteiger partial charge >= 0.3 is 5.97 Å². The van der Waals surface area contributed by atoms with Crippen molar-refractivity contribution in [1.29, 1.82) is 0 Å². The van der Waals surface area contributed by atoms with Gasteiger partial charge in [0.15, 0.2) is 6.29 Å². The van der Waals surface area contributed by atoms with Gasteiger partial charge in [-0.3, -0.25) is 4.79 Å². The summed E-state index contributed by atoms with van der Waals surface area (Å²) < 4.78 is 10.6. The fourth-order valence-corrected chi connectivity index (χ4v) is 1.40. The molecular weight excluding hydrogens is 204 g/mol. The van der Waals surface area contributed by atoms with E-state index in [2.05, 4.69) is 0 Å². The maximum Gasteiger partial charge on any atom is 0.311 e. The average Bonchev–Trinajstić information content (AvgIpc) is 3.11. The molecule has 1 saturated carbocycles. The molecule has 0 spiro atoms. The maximum absolute atomic E-state index is 11.3. The minimum absolute atomic E-state index is 0.124. The summed E-state index contributed by atoms with van der Waals surface area (Å²) in [6.07, 6.45) is 1.46. The van der Waals surface area contributed by atoms with Crippen molar-refractivity contribution in [3.63, 3.8) is 0 Å². The van der Waals surface area contributed by atoms with Crippen LogP contribution in [0.2, 0.25) is 0 Å². The van der Waals surface area contributed by atoms with Gasteiger partial charge in [-0.05, 0) is 25.3 Å². The van der Waals surface area contributed by atoms with Crippen LogP contribution in [0.4, 0.5) is 0 Å². The van der Waals surface area contributed by atoms with Crippen LogP contribution in [-0.4, -0.2) is 12.3 Å². The van der Waals surface area contributed by atoms with Crippen molar-refractivity contribution in [2.24, 2.45) is 5.92 Å². The highest BCUT2D eigenvalue weighted by Gasteiger charge is 2.32. The van der Waals surface area contributed by atoms with Crippen molar-refractivity contribution in [2.75, 3.05) is 0 Å². The van der Waals surface area contributed by atoms with Crippen LogP contribution in [0.1, 0.15) is 25.3 Å². The largest absolute Gasteiger partial charge is 0.436 e. The van der Waals surface area contributed by atoms with E-state index in [0.717, 1.165) is 18.4 Å². The number of carbonyl (C=O) groups is 1. The molecule has 0 bridgehead atoms. The Bertz CT molecular complexity index is 343. The quantitative estimate of drug-likeness (QED) is 0.565. The molecule has 0 amide bonds. The Morgan fingerprint density at radius 1 is 1.38 bits per heavy atom. The van der Waals surface area contributed by atoms with Gasteiger partial charge in [0.2, 0.25) is 0 Å². The van der Waals surface area contributed by atoms with Crippen molar-refractivity contribution < 1.29 is 14.3 Å². The SMILES string of the molecule is C[C@@H](OCc1ccccc1)OC(=O)C1CC1. The van der Waals surface area contributed by atoms with Crippen LogP contribution in [0.3, 0.4) is 0 Å². The summed E-state index contributed by atoms with van der Waals surface area (Å²) >= 11 is 0. The molecule has 0 heterocycles. The third-order valence-electron chi connectivity index (χ3n) is 2.52. The maximum atomic E-state index is 11.3. The lowest BCUT2D eigenvalue weighted by Crippen LogP contribution is -2.19. The summed E-state index contributed by atoms with van der Waals surface area (Å²) in [6.45, 7) is 2.23. The summed E-state index contributed by atoms with van der Waals surface area (Å²) in [5.74, 6) is 0.00309. The molecule has 1 aromatic rings. The predicted octanol–water partition coefficient (Wildman–Crippen LogP) is 2.50. The first-order chi connectivity index (χ1) is 7.75. The molecule has 1 fully saturated rings. The molecule has 1 aromatic carbocycles. The van der Waals surface area contributed by atoms with Crippen LogP contribution in [0.15, 0.2) is 30.3 Å². The topological polar surface area (TPSA) is 35.5 Å². The van der Waals surface area contributed by atoms with Gasteiger partial charge in [0.05, 0.1) is 12.5 Å². The van der Waals surface area contributed by atoms with E-state index in [1.807, 2.05) is 30.3 Å². The van der Waals surface area contributed by atoms with Gasteiger partial charge < -0.3 is 9.47 Å². The first kappa shape index (κ1) is 11.1.